The minimum atomic E-state index is -0.398. The van der Waals surface area contributed by atoms with Gasteiger partial charge in [-0.05, 0) is 46.6 Å². The first-order chi connectivity index (χ1) is 11.0. The lowest BCUT2D eigenvalue weighted by atomic mass is 10.2. The molecule has 2 N–H and O–H groups in total. The van der Waals surface area contributed by atoms with E-state index in [1.807, 2.05) is 0 Å². The highest BCUT2D eigenvalue weighted by Crippen LogP contribution is 2.34. The van der Waals surface area contributed by atoms with Gasteiger partial charge in [0.25, 0.3) is 5.91 Å². The van der Waals surface area contributed by atoms with Crippen LogP contribution in [0.5, 0.6) is 11.5 Å². The summed E-state index contributed by atoms with van der Waals surface area (Å²) in [5, 5.41) is 13.8. The first kappa shape index (κ1) is 17.2. The number of aromatic hydroxyl groups is 1. The van der Waals surface area contributed by atoms with Crippen molar-refractivity contribution in [3.8, 4) is 11.5 Å². The second-order valence-electron chi connectivity index (χ2n) is 4.37. The largest absolute Gasteiger partial charge is 0.503 e. The van der Waals surface area contributed by atoms with Crippen LogP contribution in [-0.4, -0.2) is 28.8 Å². The van der Waals surface area contributed by atoms with Crippen LogP contribution in [0.1, 0.15) is 22.8 Å². The maximum Gasteiger partial charge on any atom is 0.272 e. The molecule has 1 aromatic carbocycles. The number of nitrogens with one attached hydrogen (secondary N) is 1. The number of phenols is 1. The number of hydrazone groups is 1. The molecule has 0 saturated heterocycles. The van der Waals surface area contributed by atoms with Crippen molar-refractivity contribution in [1.29, 1.82) is 0 Å². The van der Waals surface area contributed by atoms with Crippen molar-refractivity contribution < 1.29 is 14.6 Å². The Morgan fingerprint density at radius 1 is 1.48 bits per heavy atom. The Hall–Kier alpha value is -2.12. The van der Waals surface area contributed by atoms with E-state index in [2.05, 4.69) is 31.4 Å². The number of carbonyl (C=O) groups is 1. The first-order valence-electron chi connectivity index (χ1n) is 6.60. The van der Waals surface area contributed by atoms with Crippen LogP contribution in [-0.2, 0) is 0 Å². The normalized spacial score (nSPS) is 10.7. The molecule has 120 valence electrons. The molecule has 0 fully saturated rings. The van der Waals surface area contributed by atoms with Crippen molar-refractivity contribution in [2.45, 2.75) is 6.92 Å². The van der Waals surface area contributed by atoms with Crippen molar-refractivity contribution >= 4 is 39.7 Å². The van der Waals surface area contributed by atoms with E-state index in [0.29, 0.717) is 22.2 Å². The molecule has 0 atom stereocenters. The third-order valence-corrected chi connectivity index (χ3v) is 3.42. The lowest BCUT2D eigenvalue weighted by Gasteiger charge is -2.08. The van der Waals surface area contributed by atoms with Crippen LogP contribution < -0.4 is 10.2 Å². The zero-order chi connectivity index (χ0) is 16.8. The van der Waals surface area contributed by atoms with Crippen LogP contribution in [0.25, 0.3) is 0 Å². The number of carbonyl (C=O) groups excluding carboxylic acids is 1. The summed E-state index contributed by atoms with van der Waals surface area (Å²) in [4.78, 5) is 15.8. The van der Waals surface area contributed by atoms with Crippen LogP contribution >= 0.6 is 27.5 Å². The van der Waals surface area contributed by atoms with Crippen LogP contribution in [0.2, 0.25) is 5.02 Å². The number of rotatable bonds is 5. The maximum absolute atomic E-state index is 11.9. The molecule has 0 aliphatic rings. The zero-order valence-electron chi connectivity index (χ0n) is 12.1. The summed E-state index contributed by atoms with van der Waals surface area (Å²) in [5.74, 6) is -0.274. The van der Waals surface area contributed by atoms with E-state index in [-0.39, 0.29) is 16.5 Å². The molecule has 23 heavy (non-hydrogen) atoms. The number of pyridine rings is 1. The van der Waals surface area contributed by atoms with Gasteiger partial charge in [0.05, 0.1) is 23.4 Å². The van der Waals surface area contributed by atoms with Gasteiger partial charge in [-0.2, -0.15) is 5.10 Å². The van der Waals surface area contributed by atoms with E-state index in [1.54, 1.807) is 25.3 Å². The number of benzene rings is 1. The molecular weight excluding hydrogens is 386 g/mol. The van der Waals surface area contributed by atoms with Gasteiger partial charge in [-0.3, -0.25) is 9.78 Å². The van der Waals surface area contributed by atoms with E-state index in [4.69, 9.17) is 16.3 Å². The van der Waals surface area contributed by atoms with Gasteiger partial charge in [0.15, 0.2) is 11.5 Å². The molecule has 0 radical (unpaired) electrons. The van der Waals surface area contributed by atoms with Crippen molar-refractivity contribution in [3.05, 3.63) is 51.2 Å². The highest BCUT2D eigenvalue weighted by molar-refractivity contribution is 9.10. The summed E-state index contributed by atoms with van der Waals surface area (Å²) in [6.45, 7) is 2.18. The number of nitrogens with zero attached hydrogens (tertiary/aromatic N) is 2. The molecule has 0 aliphatic carbocycles. The SMILES string of the molecule is CCOc1cc(/C=N/NC(=O)c2cncc(Br)c2)cc(Cl)c1O. The summed E-state index contributed by atoms with van der Waals surface area (Å²) < 4.78 is 5.97. The molecule has 8 heteroatoms. The van der Waals surface area contributed by atoms with Gasteiger partial charge in [-0.25, -0.2) is 5.43 Å². The van der Waals surface area contributed by atoms with Gasteiger partial charge < -0.3 is 9.84 Å². The number of ether oxygens (including phenoxy) is 1. The van der Waals surface area contributed by atoms with Gasteiger partial charge in [0.1, 0.15) is 0 Å². The summed E-state index contributed by atoms with van der Waals surface area (Å²) in [6.07, 6.45) is 4.41. The molecule has 1 heterocycles. The fourth-order valence-corrected chi connectivity index (χ4v) is 2.28. The van der Waals surface area contributed by atoms with Gasteiger partial charge in [-0.1, -0.05) is 11.6 Å². The van der Waals surface area contributed by atoms with Crippen LogP contribution in [0.3, 0.4) is 0 Å². The fraction of sp³-hybridized carbons (Fsp3) is 0.133. The van der Waals surface area contributed by atoms with E-state index >= 15 is 0 Å². The van der Waals surface area contributed by atoms with Crippen LogP contribution in [0, 0.1) is 0 Å². The zero-order valence-corrected chi connectivity index (χ0v) is 14.4. The van der Waals surface area contributed by atoms with Crippen molar-refractivity contribution in [2.75, 3.05) is 6.61 Å². The first-order valence-corrected chi connectivity index (χ1v) is 7.77. The maximum atomic E-state index is 11.9. The number of halogens is 2. The van der Waals surface area contributed by atoms with Crippen molar-refractivity contribution in [3.63, 3.8) is 0 Å². The highest BCUT2D eigenvalue weighted by atomic mass is 79.9. The second kappa shape index (κ2) is 7.94. The lowest BCUT2D eigenvalue weighted by Crippen LogP contribution is -2.17. The Kier molecular flexibility index (Phi) is 5.95. The molecule has 1 amide bonds. The number of amides is 1. The molecule has 0 aliphatic heterocycles. The summed E-state index contributed by atoms with van der Waals surface area (Å²) in [5.41, 5.74) is 3.33. The molecule has 2 rings (SSSR count). The molecule has 0 spiro atoms. The smallest absolute Gasteiger partial charge is 0.272 e. The van der Waals surface area contributed by atoms with E-state index < -0.39 is 5.91 Å². The Bertz CT molecular complexity index is 753. The Morgan fingerprint density at radius 3 is 2.96 bits per heavy atom. The molecule has 0 bridgehead atoms. The topological polar surface area (TPSA) is 83.8 Å². The van der Waals surface area contributed by atoms with E-state index in [1.165, 1.54) is 18.5 Å². The van der Waals surface area contributed by atoms with E-state index in [9.17, 15) is 9.90 Å². The third kappa shape index (κ3) is 4.67. The summed E-state index contributed by atoms with van der Waals surface area (Å²) in [6, 6.07) is 4.71. The standard InChI is InChI=1S/C15H13BrClN3O3/c1-2-23-13-4-9(3-12(17)14(13)21)6-19-20-15(22)10-5-11(16)8-18-7-10/h3-8,21H,2H2,1H3,(H,20,22)/b19-6+. The number of phenolic OH excluding ortho intramolecular Hbond substituents is 1. The minimum Gasteiger partial charge on any atom is -0.503 e. The van der Waals surface area contributed by atoms with Crippen molar-refractivity contribution in [1.82, 2.24) is 10.4 Å². The predicted molar refractivity (Wildman–Crippen MR) is 91.3 cm³/mol. The van der Waals surface area contributed by atoms with Crippen LogP contribution in [0.15, 0.2) is 40.2 Å². The van der Waals surface area contributed by atoms with Crippen LogP contribution in [0.4, 0.5) is 0 Å². The number of hydrogen-bond donors (Lipinski definition) is 2. The van der Waals surface area contributed by atoms with Gasteiger partial charge in [-0.15, -0.1) is 0 Å². The molecule has 6 nitrogen and oxygen atoms in total. The number of hydrogen-bond acceptors (Lipinski definition) is 5. The monoisotopic (exact) mass is 397 g/mol. The molecule has 0 unspecified atom stereocenters. The summed E-state index contributed by atoms with van der Waals surface area (Å²) in [7, 11) is 0. The second-order valence-corrected chi connectivity index (χ2v) is 5.70. The van der Waals surface area contributed by atoms with Gasteiger partial charge in [0.2, 0.25) is 0 Å². The quantitative estimate of drug-likeness (QED) is 0.597. The minimum absolute atomic E-state index is 0.130. The third-order valence-electron chi connectivity index (χ3n) is 2.70. The van der Waals surface area contributed by atoms with E-state index in [0.717, 1.165) is 0 Å². The molecule has 1 aromatic heterocycles. The van der Waals surface area contributed by atoms with Crippen molar-refractivity contribution in [2.24, 2.45) is 5.10 Å². The summed E-state index contributed by atoms with van der Waals surface area (Å²) >= 11 is 9.16. The van der Waals surface area contributed by atoms with Gasteiger partial charge >= 0.3 is 0 Å². The molecule has 0 saturated carbocycles. The Balaban J connectivity index is 2.10. The van der Waals surface area contributed by atoms with Gasteiger partial charge in [0, 0.05) is 16.9 Å². The number of aromatic nitrogens is 1. The highest BCUT2D eigenvalue weighted by Gasteiger charge is 2.09. The average Bonchev–Trinajstić information content (AvgIpc) is 2.52. The average molecular weight is 399 g/mol. The fourth-order valence-electron chi connectivity index (χ4n) is 1.70. The Labute approximate surface area is 146 Å². The molecular formula is C15H13BrClN3O3. The Morgan fingerprint density at radius 2 is 2.26 bits per heavy atom. The lowest BCUT2D eigenvalue weighted by molar-refractivity contribution is 0.0954. The molecule has 2 aromatic rings. The predicted octanol–water partition coefficient (Wildman–Crippen LogP) is 3.37.